The lowest BCUT2D eigenvalue weighted by Crippen LogP contribution is -2.05. The first-order valence-electron chi connectivity index (χ1n) is 9.23. The van der Waals surface area contributed by atoms with E-state index in [2.05, 4.69) is 34.2 Å². The average molecular weight is 368 g/mol. The normalized spacial score (nSPS) is 11.2. The van der Waals surface area contributed by atoms with Gasteiger partial charge in [0.15, 0.2) is 5.69 Å². The number of nitrogens with one attached hydrogen (secondary N) is 1. The van der Waals surface area contributed by atoms with Crippen molar-refractivity contribution < 1.29 is 9.53 Å². The summed E-state index contributed by atoms with van der Waals surface area (Å²) in [5.41, 5.74) is 5.11. The molecule has 0 aliphatic rings. The average Bonchev–Trinajstić information content (AvgIpc) is 3.12. The van der Waals surface area contributed by atoms with Crippen LogP contribution in [0.4, 0.5) is 5.69 Å². The molecule has 4 rings (SSSR count). The number of benzene rings is 3. The molecule has 0 bridgehead atoms. The van der Waals surface area contributed by atoms with Crippen molar-refractivity contribution in [3.63, 3.8) is 0 Å². The zero-order valence-corrected chi connectivity index (χ0v) is 15.6. The predicted molar refractivity (Wildman–Crippen MR) is 113 cm³/mol. The van der Waals surface area contributed by atoms with Crippen molar-refractivity contribution in [3.05, 3.63) is 90.1 Å². The van der Waals surface area contributed by atoms with Crippen LogP contribution in [0.25, 0.3) is 22.0 Å². The van der Waals surface area contributed by atoms with Crippen LogP contribution in [0.3, 0.4) is 0 Å². The van der Waals surface area contributed by atoms with Crippen LogP contribution in [0.15, 0.2) is 83.9 Å². The van der Waals surface area contributed by atoms with E-state index in [0.717, 1.165) is 22.0 Å². The van der Waals surface area contributed by atoms with E-state index < -0.39 is 5.97 Å². The third kappa shape index (κ3) is 3.58. The monoisotopic (exact) mass is 368 g/mol. The van der Waals surface area contributed by atoms with Crippen molar-refractivity contribution in [2.75, 3.05) is 6.61 Å². The number of H-pyrrole nitrogens is 1. The second kappa shape index (κ2) is 7.92. The smallest absolute Gasteiger partial charge is 0.357 e. The van der Waals surface area contributed by atoms with E-state index in [-0.39, 0.29) is 0 Å². The van der Waals surface area contributed by atoms with Gasteiger partial charge in [-0.05, 0) is 29.7 Å². The highest BCUT2D eigenvalue weighted by Gasteiger charge is 2.18. The van der Waals surface area contributed by atoms with Crippen LogP contribution < -0.4 is 0 Å². The summed E-state index contributed by atoms with van der Waals surface area (Å²) in [6.07, 6.45) is 1.77. The van der Waals surface area contributed by atoms with Crippen LogP contribution in [0.5, 0.6) is 0 Å². The minimum atomic E-state index is -0.398. The van der Waals surface area contributed by atoms with Gasteiger partial charge in [-0.3, -0.25) is 4.99 Å². The number of esters is 1. The molecule has 138 valence electrons. The molecule has 1 aromatic heterocycles. The van der Waals surface area contributed by atoms with Crippen LogP contribution in [0.1, 0.15) is 23.0 Å². The van der Waals surface area contributed by atoms with Crippen molar-refractivity contribution in [1.82, 2.24) is 4.98 Å². The fourth-order valence-corrected chi connectivity index (χ4v) is 3.14. The number of aromatic amines is 1. The highest BCUT2D eigenvalue weighted by Crippen LogP contribution is 2.31. The summed E-state index contributed by atoms with van der Waals surface area (Å²) >= 11 is 0. The number of carbonyl (C=O) groups is 1. The Morgan fingerprint density at radius 2 is 1.61 bits per heavy atom. The predicted octanol–water partition coefficient (Wildman–Crippen LogP) is 5.76. The van der Waals surface area contributed by atoms with Gasteiger partial charge in [0.05, 0.1) is 6.61 Å². The molecular weight excluding hydrogens is 348 g/mol. The minimum absolute atomic E-state index is 0.318. The maximum Gasteiger partial charge on any atom is 0.357 e. The second-order valence-corrected chi connectivity index (χ2v) is 6.36. The number of hydrogen-bond acceptors (Lipinski definition) is 3. The van der Waals surface area contributed by atoms with Crippen molar-refractivity contribution in [2.45, 2.75) is 6.92 Å². The van der Waals surface area contributed by atoms with Crippen LogP contribution >= 0.6 is 0 Å². The Balaban J connectivity index is 1.66. The Labute approximate surface area is 163 Å². The van der Waals surface area contributed by atoms with Crippen molar-refractivity contribution in [3.8, 4) is 11.1 Å². The standard InChI is InChI=1S/C24H20N2O2/c1-2-28-24(27)23-22(20-10-6-7-11-21(20)26-23)25-16-17-12-14-19(15-13-17)18-8-4-3-5-9-18/h3-16,26H,2H2,1H3. The molecule has 0 fully saturated rings. The van der Waals surface area contributed by atoms with Crippen molar-refractivity contribution in [2.24, 2.45) is 4.99 Å². The highest BCUT2D eigenvalue weighted by atomic mass is 16.5. The number of ether oxygens (including phenoxy) is 1. The number of carbonyl (C=O) groups excluding carboxylic acids is 1. The van der Waals surface area contributed by atoms with Gasteiger partial charge < -0.3 is 9.72 Å². The molecule has 0 amide bonds. The Hall–Kier alpha value is -3.66. The molecule has 0 unspecified atom stereocenters. The van der Waals surface area contributed by atoms with E-state index in [1.165, 1.54) is 5.56 Å². The van der Waals surface area contributed by atoms with Gasteiger partial charge in [0, 0.05) is 17.1 Å². The Bertz CT molecular complexity index is 1130. The molecule has 0 atom stereocenters. The minimum Gasteiger partial charge on any atom is -0.461 e. The third-order valence-corrected chi connectivity index (χ3v) is 4.52. The maximum atomic E-state index is 12.3. The quantitative estimate of drug-likeness (QED) is 0.359. The summed E-state index contributed by atoms with van der Waals surface area (Å²) in [5, 5.41) is 0.891. The topological polar surface area (TPSA) is 54.5 Å². The van der Waals surface area contributed by atoms with Crippen molar-refractivity contribution >= 4 is 28.8 Å². The van der Waals surface area contributed by atoms with Gasteiger partial charge in [-0.15, -0.1) is 0 Å². The van der Waals surface area contributed by atoms with E-state index >= 15 is 0 Å². The van der Waals surface area contributed by atoms with E-state index in [4.69, 9.17) is 4.74 Å². The lowest BCUT2D eigenvalue weighted by Gasteiger charge is -2.02. The molecule has 1 N–H and O–H groups in total. The SMILES string of the molecule is CCOC(=O)c1[nH]c2ccccc2c1N=Cc1ccc(-c2ccccc2)cc1. The van der Waals surface area contributed by atoms with Crippen LogP contribution in [-0.4, -0.2) is 23.8 Å². The number of rotatable bonds is 5. The molecule has 1 heterocycles. The number of nitrogens with zero attached hydrogens (tertiary/aromatic N) is 1. The van der Waals surface area contributed by atoms with Gasteiger partial charge in [0.1, 0.15) is 5.69 Å². The summed E-state index contributed by atoms with van der Waals surface area (Å²) in [7, 11) is 0. The molecule has 0 aliphatic carbocycles. The molecule has 0 saturated heterocycles. The zero-order chi connectivity index (χ0) is 19.3. The van der Waals surface area contributed by atoms with Gasteiger partial charge in [0.2, 0.25) is 0 Å². The molecule has 4 aromatic rings. The highest BCUT2D eigenvalue weighted by molar-refractivity contribution is 6.06. The summed E-state index contributed by atoms with van der Waals surface area (Å²) in [4.78, 5) is 20.1. The lowest BCUT2D eigenvalue weighted by molar-refractivity contribution is 0.0521. The maximum absolute atomic E-state index is 12.3. The lowest BCUT2D eigenvalue weighted by atomic mass is 10.0. The first-order chi connectivity index (χ1) is 13.8. The molecule has 0 aliphatic heterocycles. The van der Waals surface area contributed by atoms with Gasteiger partial charge in [-0.25, -0.2) is 4.79 Å². The fraction of sp³-hybridized carbons (Fsp3) is 0.0833. The van der Waals surface area contributed by atoms with E-state index in [9.17, 15) is 4.79 Å². The van der Waals surface area contributed by atoms with Crippen molar-refractivity contribution in [1.29, 1.82) is 0 Å². The number of para-hydroxylation sites is 1. The zero-order valence-electron chi connectivity index (χ0n) is 15.6. The summed E-state index contributed by atoms with van der Waals surface area (Å²) in [6.45, 7) is 2.11. The van der Waals surface area contributed by atoms with Gasteiger partial charge in [0.25, 0.3) is 0 Å². The van der Waals surface area contributed by atoms with Crippen LogP contribution in [0, 0.1) is 0 Å². The third-order valence-electron chi connectivity index (χ3n) is 4.52. The fourth-order valence-electron chi connectivity index (χ4n) is 3.14. The van der Waals surface area contributed by atoms with Crippen LogP contribution in [0.2, 0.25) is 0 Å². The number of hydrogen-bond donors (Lipinski definition) is 1. The molecule has 0 spiro atoms. The van der Waals surface area contributed by atoms with Gasteiger partial charge in [-0.2, -0.15) is 0 Å². The van der Waals surface area contributed by atoms with E-state index in [1.807, 2.05) is 54.6 Å². The number of aromatic nitrogens is 1. The summed E-state index contributed by atoms with van der Waals surface area (Å²) in [6, 6.07) is 26.1. The summed E-state index contributed by atoms with van der Waals surface area (Å²) < 4.78 is 5.17. The van der Waals surface area contributed by atoms with Gasteiger partial charge >= 0.3 is 5.97 Å². The molecule has 28 heavy (non-hydrogen) atoms. The first kappa shape index (κ1) is 17.7. The second-order valence-electron chi connectivity index (χ2n) is 6.36. The van der Waals surface area contributed by atoms with Gasteiger partial charge in [-0.1, -0.05) is 72.8 Å². The molecule has 4 heteroatoms. The molecule has 3 aromatic carbocycles. The number of aliphatic imine (C=N–C) groups is 1. The number of fused-ring (bicyclic) bond motifs is 1. The molecule has 4 nitrogen and oxygen atoms in total. The Morgan fingerprint density at radius 1 is 0.929 bits per heavy atom. The van der Waals surface area contributed by atoms with E-state index in [0.29, 0.717) is 18.0 Å². The largest absolute Gasteiger partial charge is 0.461 e. The summed E-state index contributed by atoms with van der Waals surface area (Å²) in [5.74, 6) is -0.398. The molecule has 0 saturated carbocycles. The molecular formula is C24H20N2O2. The first-order valence-corrected chi connectivity index (χ1v) is 9.23. The van der Waals surface area contributed by atoms with Crippen LogP contribution in [-0.2, 0) is 4.74 Å². The van der Waals surface area contributed by atoms with E-state index in [1.54, 1.807) is 13.1 Å². The Kier molecular flexibility index (Phi) is 5.02. The Morgan fingerprint density at radius 3 is 2.36 bits per heavy atom. The molecule has 0 radical (unpaired) electrons.